The molecule has 0 aliphatic rings. The van der Waals surface area contributed by atoms with E-state index in [-0.39, 0.29) is 17.3 Å². The van der Waals surface area contributed by atoms with E-state index in [2.05, 4.69) is 25.6 Å². The number of rotatable bonds is 4. The first kappa shape index (κ1) is 17.9. The van der Waals surface area contributed by atoms with E-state index in [1.54, 1.807) is 0 Å². The summed E-state index contributed by atoms with van der Waals surface area (Å²) >= 11 is 0. The zero-order chi connectivity index (χ0) is 19.7. The summed E-state index contributed by atoms with van der Waals surface area (Å²) in [5.74, 6) is 0.398. The molecule has 0 aliphatic carbocycles. The smallest absolute Gasteiger partial charge is 0.346 e. The molecule has 0 fully saturated rings. The quantitative estimate of drug-likeness (QED) is 0.566. The van der Waals surface area contributed by atoms with Gasteiger partial charge in [-0.3, -0.25) is 4.98 Å². The Balaban J connectivity index is 1.68. The number of hydrogen-bond acceptors (Lipinski definition) is 5. The predicted octanol–water partition coefficient (Wildman–Crippen LogP) is 4.38. The van der Waals surface area contributed by atoms with E-state index in [1.165, 1.54) is 29.0 Å². The largest absolute Gasteiger partial charge is 0.418 e. The second-order valence-corrected chi connectivity index (χ2v) is 6.21. The van der Waals surface area contributed by atoms with Crippen molar-refractivity contribution in [3.05, 3.63) is 72.1 Å². The Morgan fingerprint density at radius 3 is 2.57 bits per heavy atom. The standard InChI is InChI=1S/C19H15F3N6/c1-12(13-6-3-2-4-7-13)25-18-27-26-16-10-14(11-24-28(16)18)17-15(19(20,21)22)8-5-9-23-17/h2-12H,1H3,(H,25,27)/t12-/m1/s1. The highest BCUT2D eigenvalue weighted by Gasteiger charge is 2.34. The number of nitrogens with zero attached hydrogens (tertiary/aromatic N) is 5. The lowest BCUT2D eigenvalue weighted by atomic mass is 10.1. The van der Waals surface area contributed by atoms with Crippen molar-refractivity contribution in [1.82, 2.24) is 24.8 Å². The van der Waals surface area contributed by atoms with Gasteiger partial charge in [-0.2, -0.15) is 22.8 Å². The van der Waals surface area contributed by atoms with Crippen LogP contribution >= 0.6 is 0 Å². The van der Waals surface area contributed by atoms with E-state index < -0.39 is 11.7 Å². The van der Waals surface area contributed by atoms with Gasteiger partial charge in [0.05, 0.1) is 23.5 Å². The van der Waals surface area contributed by atoms with Crippen molar-refractivity contribution in [2.75, 3.05) is 5.32 Å². The number of benzene rings is 1. The average molecular weight is 384 g/mol. The Labute approximate surface area is 158 Å². The normalized spacial score (nSPS) is 12.9. The predicted molar refractivity (Wildman–Crippen MR) is 97.5 cm³/mol. The molecule has 1 aromatic carbocycles. The van der Waals surface area contributed by atoms with Gasteiger partial charge in [-0.15, -0.1) is 10.2 Å². The second kappa shape index (κ2) is 6.91. The van der Waals surface area contributed by atoms with E-state index in [0.717, 1.165) is 11.6 Å². The van der Waals surface area contributed by atoms with Crippen molar-refractivity contribution in [2.24, 2.45) is 0 Å². The number of pyridine rings is 1. The molecular weight excluding hydrogens is 369 g/mol. The van der Waals surface area contributed by atoms with Crippen molar-refractivity contribution in [2.45, 2.75) is 19.1 Å². The van der Waals surface area contributed by atoms with Gasteiger partial charge in [0.15, 0.2) is 5.65 Å². The highest BCUT2D eigenvalue weighted by Crippen LogP contribution is 2.35. The van der Waals surface area contributed by atoms with E-state index in [1.807, 2.05) is 37.3 Å². The highest BCUT2D eigenvalue weighted by atomic mass is 19.4. The monoisotopic (exact) mass is 384 g/mol. The van der Waals surface area contributed by atoms with Gasteiger partial charge in [0, 0.05) is 11.8 Å². The first-order valence-corrected chi connectivity index (χ1v) is 8.49. The Morgan fingerprint density at radius 1 is 1.04 bits per heavy atom. The van der Waals surface area contributed by atoms with E-state index in [4.69, 9.17) is 0 Å². The molecule has 0 saturated carbocycles. The minimum atomic E-state index is -4.51. The zero-order valence-corrected chi connectivity index (χ0v) is 14.7. The van der Waals surface area contributed by atoms with E-state index in [9.17, 15) is 13.2 Å². The van der Waals surface area contributed by atoms with Crippen LogP contribution in [0.15, 0.2) is 60.9 Å². The summed E-state index contributed by atoms with van der Waals surface area (Å²) in [7, 11) is 0. The number of anilines is 1. The molecule has 28 heavy (non-hydrogen) atoms. The molecule has 1 N–H and O–H groups in total. The maximum absolute atomic E-state index is 13.3. The summed E-state index contributed by atoms with van der Waals surface area (Å²) in [5, 5.41) is 15.5. The van der Waals surface area contributed by atoms with Crippen LogP contribution in [0.5, 0.6) is 0 Å². The number of halogens is 3. The first-order chi connectivity index (χ1) is 13.4. The summed E-state index contributed by atoms with van der Waals surface area (Å²) in [6, 6.07) is 13.4. The van der Waals surface area contributed by atoms with Crippen molar-refractivity contribution in [3.63, 3.8) is 0 Å². The SMILES string of the molecule is C[C@@H](Nc1nnc2cc(-c3ncccc3C(F)(F)F)cnn12)c1ccccc1. The molecule has 3 aromatic heterocycles. The van der Waals surface area contributed by atoms with Crippen LogP contribution < -0.4 is 5.32 Å². The first-order valence-electron chi connectivity index (χ1n) is 8.49. The van der Waals surface area contributed by atoms with Crippen molar-refractivity contribution >= 4 is 11.6 Å². The van der Waals surface area contributed by atoms with Crippen LogP contribution in [-0.4, -0.2) is 24.8 Å². The fourth-order valence-electron chi connectivity index (χ4n) is 2.89. The molecule has 4 rings (SSSR count). The van der Waals surface area contributed by atoms with Crippen LogP contribution in [0.4, 0.5) is 19.1 Å². The van der Waals surface area contributed by atoms with Gasteiger partial charge in [-0.05, 0) is 30.7 Å². The van der Waals surface area contributed by atoms with Crippen molar-refractivity contribution < 1.29 is 13.2 Å². The Hall–Kier alpha value is -3.49. The van der Waals surface area contributed by atoms with Crippen molar-refractivity contribution in [1.29, 1.82) is 0 Å². The molecule has 0 unspecified atom stereocenters. The molecule has 0 aliphatic heterocycles. The molecule has 9 heteroatoms. The minimum Gasteiger partial charge on any atom is -0.346 e. The Morgan fingerprint density at radius 2 is 1.82 bits per heavy atom. The van der Waals surface area contributed by atoms with Crippen LogP contribution in [0.25, 0.3) is 16.9 Å². The number of alkyl halides is 3. The highest BCUT2D eigenvalue weighted by molar-refractivity contribution is 5.67. The van der Waals surface area contributed by atoms with Gasteiger partial charge in [0.2, 0.25) is 5.95 Å². The van der Waals surface area contributed by atoms with E-state index >= 15 is 0 Å². The summed E-state index contributed by atoms with van der Waals surface area (Å²) < 4.78 is 41.2. The second-order valence-electron chi connectivity index (χ2n) is 6.21. The maximum atomic E-state index is 13.3. The lowest BCUT2D eigenvalue weighted by molar-refractivity contribution is -0.137. The average Bonchev–Trinajstić information content (AvgIpc) is 3.10. The van der Waals surface area contributed by atoms with Crippen LogP contribution in [0.3, 0.4) is 0 Å². The summed E-state index contributed by atoms with van der Waals surface area (Å²) in [6.45, 7) is 1.97. The molecule has 0 bridgehead atoms. The number of fused-ring (bicyclic) bond motifs is 1. The van der Waals surface area contributed by atoms with Crippen LogP contribution in [0.2, 0.25) is 0 Å². The molecule has 142 valence electrons. The fraction of sp³-hybridized carbons (Fsp3) is 0.158. The van der Waals surface area contributed by atoms with Gasteiger partial charge in [0.25, 0.3) is 0 Å². The van der Waals surface area contributed by atoms with Crippen LogP contribution in [0, 0.1) is 0 Å². The van der Waals surface area contributed by atoms with Crippen molar-refractivity contribution in [3.8, 4) is 11.3 Å². The molecule has 0 spiro atoms. The summed E-state index contributed by atoms with van der Waals surface area (Å²) in [4.78, 5) is 3.88. The van der Waals surface area contributed by atoms with Crippen LogP contribution in [0.1, 0.15) is 24.1 Å². The lowest BCUT2D eigenvalue weighted by Gasteiger charge is -2.13. The van der Waals surface area contributed by atoms with Gasteiger partial charge in [0.1, 0.15) is 0 Å². The summed E-state index contributed by atoms with van der Waals surface area (Å²) in [6.07, 6.45) is -1.87. The topological polar surface area (TPSA) is 68.0 Å². The lowest BCUT2D eigenvalue weighted by Crippen LogP contribution is -2.10. The minimum absolute atomic E-state index is 0.0531. The molecule has 1 atom stereocenters. The number of aromatic nitrogens is 5. The van der Waals surface area contributed by atoms with Gasteiger partial charge < -0.3 is 5.32 Å². The Bertz CT molecular complexity index is 1110. The molecular formula is C19H15F3N6. The van der Waals surface area contributed by atoms with Gasteiger partial charge in [-0.1, -0.05) is 30.3 Å². The third-order valence-corrected chi connectivity index (χ3v) is 4.29. The number of hydrogen-bond donors (Lipinski definition) is 1. The third kappa shape index (κ3) is 3.38. The van der Waals surface area contributed by atoms with E-state index in [0.29, 0.717) is 11.6 Å². The molecule has 4 aromatic rings. The Kier molecular flexibility index (Phi) is 4.42. The fourth-order valence-corrected chi connectivity index (χ4v) is 2.89. The van der Waals surface area contributed by atoms with Gasteiger partial charge in [-0.25, -0.2) is 0 Å². The maximum Gasteiger partial charge on any atom is 0.418 e. The molecule has 0 saturated heterocycles. The zero-order valence-electron chi connectivity index (χ0n) is 14.7. The third-order valence-electron chi connectivity index (χ3n) is 4.29. The summed E-state index contributed by atoms with van der Waals surface area (Å²) in [5.41, 5.74) is 0.575. The molecule has 3 heterocycles. The number of nitrogens with one attached hydrogen (secondary N) is 1. The van der Waals surface area contributed by atoms with Crippen LogP contribution in [-0.2, 0) is 6.18 Å². The molecule has 0 radical (unpaired) electrons. The van der Waals surface area contributed by atoms with Gasteiger partial charge >= 0.3 is 6.18 Å². The molecule has 0 amide bonds. The molecule has 6 nitrogen and oxygen atoms in total.